The maximum absolute atomic E-state index is 5.19. The van der Waals surface area contributed by atoms with Crippen molar-refractivity contribution in [2.24, 2.45) is 0 Å². The molecule has 222 valence electrons. The van der Waals surface area contributed by atoms with Gasteiger partial charge in [-0.05, 0) is 58.7 Å². The Kier molecular flexibility index (Phi) is 5.53. The number of pyridine rings is 1. The first kappa shape index (κ1) is 26.7. The van der Waals surface area contributed by atoms with Crippen molar-refractivity contribution in [3.05, 3.63) is 157 Å². The van der Waals surface area contributed by atoms with Gasteiger partial charge < -0.3 is 4.57 Å². The number of aromatic nitrogens is 2. The highest BCUT2D eigenvalue weighted by Crippen LogP contribution is 2.55. The van der Waals surface area contributed by atoms with E-state index < -0.39 is 0 Å². The molecule has 0 unspecified atom stereocenters. The van der Waals surface area contributed by atoms with E-state index in [0.29, 0.717) is 0 Å². The van der Waals surface area contributed by atoms with Gasteiger partial charge in [-0.3, -0.25) is 0 Å². The van der Waals surface area contributed by atoms with E-state index in [1.807, 2.05) is 11.3 Å². The Balaban J connectivity index is 1.28. The second kappa shape index (κ2) is 9.75. The van der Waals surface area contributed by atoms with Crippen molar-refractivity contribution < 1.29 is 0 Å². The molecule has 3 heteroatoms. The van der Waals surface area contributed by atoms with E-state index in [-0.39, 0.29) is 5.41 Å². The molecule has 9 aromatic rings. The van der Waals surface area contributed by atoms with Gasteiger partial charge in [-0.2, -0.15) is 0 Å². The first-order valence-electron chi connectivity index (χ1n) is 16.2. The first-order valence-corrected chi connectivity index (χ1v) is 17.0. The van der Waals surface area contributed by atoms with Crippen molar-refractivity contribution in [1.29, 1.82) is 0 Å². The Bertz CT molecular complexity index is 2640. The van der Waals surface area contributed by atoms with Gasteiger partial charge >= 0.3 is 0 Å². The standard InChI is InChI=1S/C44H30N2S/c1-44(2)36-25-35-30-17-9-11-19-39(30)46(29-23-37(27-13-5-3-6-14-27)45-38(24-29)28-15-7-4-8-16-28)40(35)26-34(36)32-21-22-33-31-18-10-12-20-41(31)47-43(33)42(32)44/h3-26H,1-2H3. The predicted molar refractivity (Wildman–Crippen MR) is 200 cm³/mol. The van der Waals surface area contributed by atoms with Crippen LogP contribution in [0.1, 0.15) is 25.0 Å². The largest absolute Gasteiger partial charge is 0.309 e. The van der Waals surface area contributed by atoms with E-state index in [9.17, 15) is 0 Å². The van der Waals surface area contributed by atoms with E-state index >= 15 is 0 Å². The fourth-order valence-corrected chi connectivity index (χ4v) is 9.37. The molecule has 0 saturated carbocycles. The van der Waals surface area contributed by atoms with Crippen LogP contribution in [0.25, 0.3) is 81.3 Å². The van der Waals surface area contributed by atoms with Crippen molar-refractivity contribution >= 4 is 53.3 Å². The zero-order valence-electron chi connectivity index (χ0n) is 26.2. The van der Waals surface area contributed by atoms with E-state index in [2.05, 4.69) is 164 Å². The zero-order valence-corrected chi connectivity index (χ0v) is 27.0. The Labute approximate surface area is 277 Å². The Hall–Kier alpha value is -5.51. The van der Waals surface area contributed by atoms with Gasteiger partial charge in [-0.15, -0.1) is 11.3 Å². The van der Waals surface area contributed by atoms with E-state index in [4.69, 9.17) is 4.98 Å². The summed E-state index contributed by atoms with van der Waals surface area (Å²) in [5, 5.41) is 5.27. The highest BCUT2D eigenvalue weighted by molar-refractivity contribution is 7.26. The minimum Gasteiger partial charge on any atom is -0.309 e. The van der Waals surface area contributed by atoms with Crippen LogP contribution in [0.15, 0.2) is 146 Å². The number of para-hydroxylation sites is 1. The summed E-state index contributed by atoms with van der Waals surface area (Å²) in [5.41, 5.74) is 13.1. The number of fused-ring (bicyclic) bond motifs is 10. The minimum absolute atomic E-state index is 0.125. The van der Waals surface area contributed by atoms with Gasteiger partial charge in [0.15, 0.2) is 0 Å². The summed E-state index contributed by atoms with van der Waals surface area (Å²) in [6.45, 7) is 4.82. The molecule has 3 heterocycles. The molecule has 0 fully saturated rings. The maximum atomic E-state index is 5.19. The topological polar surface area (TPSA) is 17.8 Å². The lowest BCUT2D eigenvalue weighted by Crippen LogP contribution is -2.15. The number of rotatable bonds is 3. The fraction of sp³-hybridized carbons (Fsp3) is 0.0682. The third kappa shape index (κ3) is 3.81. The molecular weight excluding hydrogens is 589 g/mol. The van der Waals surface area contributed by atoms with Crippen molar-refractivity contribution in [3.8, 4) is 39.3 Å². The van der Waals surface area contributed by atoms with Crippen LogP contribution in [-0.2, 0) is 5.41 Å². The minimum atomic E-state index is -0.125. The molecule has 3 aromatic heterocycles. The molecule has 1 aliphatic rings. The van der Waals surface area contributed by atoms with E-state index in [1.54, 1.807) is 0 Å². The Morgan fingerprint density at radius 1 is 0.532 bits per heavy atom. The summed E-state index contributed by atoms with van der Waals surface area (Å²) in [4.78, 5) is 5.19. The summed E-state index contributed by atoms with van der Waals surface area (Å²) < 4.78 is 5.22. The Morgan fingerprint density at radius 2 is 1.17 bits per heavy atom. The molecule has 1 aliphatic carbocycles. The van der Waals surface area contributed by atoms with Crippen LogP contribution >= 0.6 is 11.3 Å². The van der Waals surface area contributed by atoms with Crippen LogP contribution in [0.4, 0.5) is 0 Å². The van der Waals surface area contributed by atoms with Gasteiger partial charge in [0, 0.05) is 47.5 Å². The van der Waals surface area contributed by atoms with E-state index in [0.717, 1.165) is 28.2 Å². The summed E-state index contributed by atoms with van der Waals surface area (Å²) in [6.07, 6.45) is 0. The van der Waals surface area contributed by atoms with Gasteiger partial charge in [0.1, 0.15) is 0 Å². The highest BCUT2D eigenvalue weighted by atomic mass is 32.1. The quantitative estimate of drug-likeness (QED) is 0.193. The lowest BCUT2D eigenvalue weighted by Gasteiger charge is -2.22. The molecule has 6 aromatic carbocycles. The second-order valence-corrected chi connectivity index (χ2v) is 14.2. The third-order valence-corrected chi connectivity index (χ3v) is 11.4. The predicted octanol–water partition coefficient (Wildman–Crippen LogP) is 12.2. The Morgan fingerprint density at radius 3 is 1.89 bits per heavy atom. The summed E-state index contributed by atoms with van der Waals surface area (Å²) in [7, 11) is 0. The molecule has 10 rings (SSSR count). The van der Waals surface area contributed by atoms with E-state index in [1.165, 1.54) is 64.2 Å². The average molecular weight is 619 g/mol. The fourth-order valence-electron chi connectivity index (χ4n) is 7.96. The normalized spacial score (nSPS) is 13.5. The van der Waals surface area contributed by atoms with Crippen LogP contribution in [0.3, 0.4) is 0 Å². The molecule has 0 aliphatic heterocycles. The first-order chi connectivity index (χ1) is 23.1. The van der Waals surface area contributed by atoms with Crippen molar-refractivity contribution in [2.75, 3.05) is 0 Å². The zero-order chi connectivity index (χ0) is 31.3. The molecule has 0 saturated heterocycles. The summed E-state index contributed by atoms with van der Waals surface area (Å²) >= 11 is 1.94. The van der Waals surface area contributed by atoms with Crippen LogP contribution < -0.4 is 0 Å². The third-order valence-electron chi connectivity index (χ3n) is 10.2. The SMILES string of the molecule is CC1(C)c2cc3c4ccccc4n(-c4cc(-c5ccccc5)nc(-c5ccccc5)c4)c3cc2-c2ccc3c(sc4ccccc43)c21. The number of nitrogens with zero attached hydrogens (tertiary/aromatic N) is 2. The van der Waals surface area contributed by atoms with Gasteiger partial charge in [0.25, 0.3) is 0 Å². The molecule has 0 N–H and O–H groups in total. The van der Waals surface area contributed by atoms with Gasteiger partial charge in [-0.1, -0.05) is 123 Å². The molecule has 0 spiro atoms. The second-order valence-electron chi connectivity index (χ2n) is 13.2. The van der Waals surface area contributed by atoms with Gasteiger partial charge in [0.2, 0.25) is 0 Å². The summed E-state index contributed by atoms with van der Waals surface area (Å²) in [6, 6.07) is 52.9. The van der Waals surface area contributed by atoms with Crippen molar-refractivity contribution in [1.82, 2.24) is 9.55 Å². The number of thiophene rings is 1. The van der Waals surface area contributed by atoms with Crippen LogP contribution in [0, 0.1) is 0 Å². The molecule has 0 radical (unpaired) electrons. The lowest BCUT2D eigenvalue weighted by molar-refractivity contribution is 0.668. The molecule has 0 bridgehead atoms. The molecule has 0 atom stereocenters. The smallest absolute Gasteiger partial charge is 0.0730 e. The lowest BCUT2D eigenvalue weighted by atomic mass is 9.81. The molecule has 2 nitrogen and oxygen atoms in total. The number of hydrogen-bond donors (Lipinski definition) is 0. The van der Waals surface area contributed by atoms with Crippen molar-refractivity contribution in [3.63, 3.8) is 0 Å². The van der Waals surface area contributed by atoms with Crippen LogP contribution in [0.5, 0.6) is 0 Å². The molecular formula is C44H30N2S. The molecule has 47 heavy (non-hydrogen) atoms. The average Bonchev–Trinajstić information content (AvgIpc) is 3.73. The van der Waals surface area contributed by atoms with Crippen LogP contribution in [-0.4, -0.2) is 9.55 Å². The van der Waals surface area contributed by atoms with Gasteiger partial charge in [-0.25, -0.2) is 4.98 Å². The highest BCUT2D eigenvalue weighted by Gasteiger charge is 2.38. The summed E-state index contributed by atoms with van der Waals surface area (Å²) in [5.74, 6) is 0. The molecule has 0 amide bonds. The van der Waals surface area contributed by atoms with Crippen LogP contribution in [0.2, 0.25) is 0 Å². The van der Waals surface area contributed by atoms with Gasteiger partial charge in [0.05, 0.1) is 28.1 Å². The number of benzene rings is 6. The van der Waals surface area contributed by atoms with Crippen molar-refractivity contribution in [2.45, 2.75) is 19.3 Å². The monoisotopic (exact) mass is 618 g/mol. The maximum Gasteiger partial charge on any atom is 0.0730 e. The number of hydrogen-bond acceptors (Lipinski definition) is 2.